The van der Waals surface area contributed by atoms with Crippen LogP contribution in [0.1, 0.15) is 21.7 Å². The monoisotopic (exact) mass is 284 g/mol. The van der Waals surface area contributed by atoms with E-state index in [4.69, 9.17) is 4.42 Å². The number of hydrogen-bond acceptors (Lipinski definition) is 3. The lowest BCUT2D eigenvalue weighted by Crippen LogP contribution is -2.49. The minimum absolute atomic E-state index is 0.0128. The van der Waals surface area contributed by atoms with Gasteiger partial charge in [0.15, 0.2) is 5.76 Å². The van der Waals surface area contributed by atoms with E-state index in [9.17, 15) is 4.79 Å². The number of carbonyl (C=O) groups excluding carboxylic acids is 1. The third kappa shape index (κ3) is 2.66. The van der Waals surface area contributed by atoms with Crippen LogP contribution in [0, 0.1) is 13.8 Å². The summed E-state index contributed by atoms with van der Waals surface area (Å²) in [5.41, 5.74) is 3.89. The summed E-state index contributed by atoms with van der Waals surface area (Å²) in [6, 6.07) is 9.84. The van der Waals surface area contributed by atoms with Gasteiger partial charge in [-0.1, -0.05) is 18.2 Å². The predicted octanol–water partition coefficient (Wildman–Crippen LogP) is 2.86. The van der Waals surface area contributed by atoms with Crippen LogP contribution in [0.5, 0.6) is 0 Å². The van der Waals surface area contributed by atoms with E-state index in [2.05, 4.69) is 36.9 Å². The van der Waals surface area contributed by atoms with Gasteiger partial charge in [-0.2, -0.15) is 0 Å². The molecule has 1 fully saturated rings. The second-order valence-electron chi connectivity index (χ2n) is 5.50. The zero-order valence-corrected chi connectivity index (χ0v) is 12.5. The summed E-state index contributed by atoms with van der Waals surface area (Å²) in [7, 11) is 0. The van der Waals surface area contributed by atoms with E-state index in [-0.39, 0.29) is 5.91 Å². The van der Waals surface area contributed by atoms with Gasteiger partial charge in [-0.25, -0.2) is 0 Å². The second-order valence-corrected chi connectivity index (χ2v) is 5.50. The van der Waals surface area contributed by atoms with Crippen LogP contribution in [0.2, 0.25) is 0 Å². The molecule has 1 amide bonds. The molecule has 0 aliphatic carbocycles. The number of furan rings is 1. The SMILES string of the molecule is Cc1cccc(C)c1N1CCN(C(=O)c2ccco2)CC1. The first-order valence-corrected chi connectivity index (χ1v) is 7.31. The van der Waals surface area contributed by atoms with E-state index in [1.54, 1.807) is 18.4 Å². The number of piperazine rings is 1. The summed E-state index contributed by atoms with van der Waals surface area (Å²) >= 11 is 0. The Morgan fingerprint density at radius 2 is 1.67 bits per heavy atom. The highest BCUT2D eigenvalue weighted by molar-refractivity contribution is 5.91. The Bertz CT molecular complexity index is 606. The molecule has 3 rings (SSSR count). The largest absolute Gasteiger partial charge is 0.459 e. The Labute approximate surface area is 125 Å². The van der Waals surface area contributed by atoms with E-state index < -0.39 is 0 Å². The van der Waals surface area contributed by atoms with E-state index in [1.165, 1.54) is 16.8 Å². The summed E-state index contributed by atoms with van der Waals surface area (Å²) < 4.78 is 5.19. The highest BCUT2D eigenvalue weighted by Crippen LogP contribution is 2.25. The van der Waals surface area contributed by atoms with Gasteiger partial charge >= 0.3 is 0 Å². The number of anilines is 1. The number of nitrogens with zero attached hydrogens (tertiary/aromatic N) is 2. The van der Waals surface area contributed by atoms with Crippen molar-refractivity contribution in [3.8, 4) is 0 Å². The van der Waals surface area contributed by atoms with Gasteiger partial charge in [0.2, 0.25) is 0 Å². The van der Waals surface area contributed by atoms with Gasteiger partial charge in [-0.05, 0) is 37.1 Å². The maximum atomic E-state index is 12.3. The van der Waals surface area contributed by atoms with Crippen molar-refractivity contribution in [2.24, 2.45) is 0 Å². The van der Waals surface area contributed by atoms with Crippen LogP contribution in [0.4, 0.5) is 5.69 Å². The van der Waals surface area contributed by atoms with Crippen LogP contribution in [0.3, 0.4) is 0 Å². The van der Waals surface area contributed by atoms with Crippen LogP contribution in [-0.2, 0) is 0 Å². The van der Waals surface area contributed by atoms with Gasteiger partial charge in [0.25, 0.3) is 5.91 Å². The van der Waals surface area contributed by atoms with Crippen molar-refractivity contribution in [3.63, 3.8) is 0 Å². The number of rotatable bonds is 2. The molecule has 0 bridgehead atoms. The number of para-hydroxylation sites is 1. The molecule has 1 aliphatic heterocycles. The lowest BCUT2D eigenvalue weighted by atomic mass is 10.1. The van der Waals surface area contributed by atoms with Crippen molar-refractivity contribution in [2.45, 2.75) is 13.8 Å². The van der Waals surface area contributed by atoms with E-state index in [0.29, 0.717) is 5.76 Å². The summed E-state index contributed by atoms with van der Waals surface area (Å²) in [5, 5.41) is 0. The second kappa shape index (κ2) is 5.64. The Hall–Kier alpha value is -2.23. The predicted molar refractivity (Wildman–Crippen MR) is 82.7 cm³/mol. The van der Waals surface area contributed by atoms with Gasteiger partial charge in [0.1, 0.15) is 0 Å². The summed E-state index contributed by atoms with van der Waals surface area (Å²) in [5.74, 6) is 0.414. The quantitative estimate of drug-likeness (QED) is 0.851. The number of carbonyl (C=O) groups is 1. The lowest BCUT2D eigenvalue weighted by molar-refractivity contribution is 0.0714. The maximum Gasteiger partial charge on any atom is 0.289 e. The number of hydrogen-bond donors (Lipinski definition) is 0. The molecule has 1 aromatic carbocycles. The standard InChI is InChI=1S/C17H20N2O2/c1-13-5-3-6-14(2)16(13)18-8-10-19(11-9-18)17(20)15-7-4-12-21-15/h3-7,12H,8-11H2,1-2H3. The van der Waals surface area contributed by atoms with Crippen LogP contribution < -0.4 is 4.90 Å². The fourth-order valence-corrected chi connectivity index (χ4v) is 2.99. The fraction of sp³-hybridized carbons (Fsp3) is 0.353. The van der Waals surface area contributed by atoms with Gasteiger partial charge in [-0.15, -0.1) is 0 Å². The molecule has 2 aromatic rings. The van der Waals surface area contributed by atoms with Gasteiger partial charge in [-0.3, -0.25) is 4.79 Å². The zero-order chi connectivity index (χ0) is 14.8. The molecule has 0 radical (unpaired) electrons. The highest BCUT2D eigenvalue weighted by Gasteiger charge is 2.24. The summed E-state index contributed by atoms with van der Waals surface area (Å²) in [6.45, 7) is 7.46. The third-order valence-electron chi connectivity index (χ3n) is 4.05. The molecule has 21 heavy (non-hydrogen) atoms. The maximum absolute atomic E-state index is 12.3. The first-order valence-electron chi connectivity index (χ1n) is 7.31. The summed E-state index contributed by atoms with van der Waals surface area (Å²) in [4.78, 5) is 16.5. The van der Waals surface area contributed by atoms with Crippen molar-refractivity contribution in [1.29, 1.82) is 0 Å². The first kappa shape index (κ1) is 13.7. The molecule has 0 unspecified atom stereocenters. The molecule has 4 heteroatoms. The minimum atomic E-state index is -0.0128. The lowest BCUT2D eigenvalue weighted by Gasteiger charge is -2.37. The zero-order valence-electron chi connectivity index (χ0n) is 12.5. The molecule has 0 spiro atoms. The molecule has 1 saturated heterocycles. The van der Waals surface area contributed by atoms with Crippen molar-refractivity contribution in [2.75, 3.05) is 31.1 Å². The summed E-state index contributed by atoms with van der Waals surface area (Å²) in [6.07, 6.45) is 1.54. The van der Waals surface area contributed by atoms with Crippen LogP contribution >= 0.6 is 0 Å². The first-order chi connectivity index (χ1) is 10.2. The normalized spacial score (nSPS) is 15.3. The smallest absolute Gasteiger partial charge is 0.289 e. The number of benzene rings is 1. The Kier molecular flexibility index (Phi) is 3.69. The molecular weight excluding hydrogens is 264 g/mol. The molecule has 1 aromatic heterocycles. The average molecular weight is 284 g/mol. The van der Waals surface area contributed by atoms with E-state index in [1.807, 2.05) is 4.90 Å². The van der Waals surface area contributed by atoms with Crippen molar-refractivity contribution in [3.05, 3.63) is 53.5 Å². The van der Waals surface area contributed by atoms with Crippen LogP contribution in [-0.4, -0.2) is 37.0 Å². The van der Waals surface area contributed by atoms with Gasteiger partial charge in [0.05, 0.1) is 6.26 Å². The van der Waals surface area contributed by atoms with Crippen molar-refractivity contribution < 1.29 is 9.21 Å². The molecular formula is C17H20N2O2. The Morgan fingerprint density at radius 3 is 2.24 bits per heavy atom. The average Bonchev–Trinajstić information content (AvgIpc) is 3.01. The molecule has 0 N–H and O–H groups in total. The molecule has 0 saturated carbocycles. The Balaban J connectivity index is 1.69. The van der Waals surface area contributed by atoms with Crippen LogP contribution in [0.15, 0.2) is 41.0 Å². The highest BCUT2D eigenvalue weighted by atomic mass is 16.3. The topological polar surface area (TPSA) is 36.7 Å². The Morgan fingerprint density at radius 1 is 1.00 bits per heavy atom. The van der Waals surface area contributed by atoms with Gasteiger partial charge < -0.3 is 14.2 Å². The third-order valence-corrected chi connectivity index (χ3v) is 4.05. The van der Waals surface area contributed by atoms with Crippen LogP contribution in [0.25, 0.3) is 0 Å². The fourth-order valence-electron chi connectivity index (χ4n) is 2.99. The number of aryl methyl sites for hydroxylation is 2. The van der Waals surface area contributed by atoms with Crippen molar-refractivity contribution >= 4 is 11.6 Å². The minimum Gasteiger partial charge on any atom is -0.459 e. The molecule has 110 valence electrons. The molecule has 2 heterocycles. The van der Waals surface area contributed by atoms with Gasteiger partial charge in [0, 0.05) is 31.9 Å². The number of amides is 1. The molecule has 0 atom stereocenters. The molecule has 1 aliphatic rings. The molecule has 4 nitrogen and oxygen atoms in total. The van der Waals surface area contributed by atoms with Crippen molar-refractivity contribution in [1.82, 2.24) is 4.90 Å². The van der Waals surface area contributed by atoms with E-state index in [0.717, 1.165) is 26.2 Å². The van der Waals surface area contributed by atoms with E-state index >= 15 is 0 Å².